The van der Waals surface area contributed by atoms with Gasteiger partial charge in [-0.2, -0.15) is 0 Å². The molecule has 0 amide bonds. The first-order valence-corrected chi connectivity index (χ1v) is 0. The molecule has 12 valence electrons. The molecule has 0 heterocycles. The molecule has 0 nitrogen and oxygen atoms in total. The predicted molar refractivity (Wildman–Crippen MR) is 18.2 cm³/mol. The molecule has 0 aliphatic carbocycles. The van der Waals surface area contributed by atoms with Crippen LogP contribution in [0.1, 0.15) is 8.56 Å². The Morgan fingerprint density at radius 3 is 1.25 bits per heavy atom. The van der Waals surface area contributed by atoms with Crippen molar-refractivity contribution in [2.24, 2.45) is 0 Å². The van der Waals surface area contributed by atoms with Gasteiger partial charge in [0.25, 0.3) is 0 Å². The molecule has 0 aromatic carbocycles. The fourth-order valence-electron chi connectivity index (χ4n) is 0. The summed E-state index contributed by atoms with van der Waals surface area (Å²) in [7, 11) is 0. The van der Waals surface area contributed by atoms with Crippen LogP contribution >= 0.6 is 0 Å². The van der Waals surface area contributed by atoms with Crippen LogP contribution in [0.2, 0.25) is 0 Å². The van der Waals surface area contributed by atoms with E-state index >= 15 is 0 Å². The van der Waals surface area contributed by atoms with Crippen LogP contribution in [0.15, 0.2) is 0 Å². The molecule has 0 atom stereocenters. The summed E-state index contributed by atoms with van der Waals surface area (Å²) in [4.78, 5) is 0. The molecule has 0 N–H and O–H groups in total. The van der Waals surface area contributed by atoms with Gasteiger partial charge in [0.2, 0.25) is 0 Å². The van der Waals surface area contributed by atoms with Gasteiger partial charge < -0.3 is 8.56 Å². The second kappa shape index (κ2) is 15.6. The summed E-state index contributed by atoms with van der Waals surface area (Å²) < 4.78 is 0. The Morgan fingerprint density at radius 1 is 1.25 bits per heavy atom. The van der Waals surface area contributed by atoms with Crippen molar-refractivity contribution >= 4 is 60.8 Å². The van der Waals surface area contributed by atoms with Gasteiger partial charge in [-0.1, -0.05) is 0 Å². The molecule has 0 aliphatic rings. The summed E-state index contributed by atoms with van der Waals surface area (Å²) in [5.41, 5.74) is 0. The molecule has 0 unspecified atom stereocenters. The SMILES string of the molecule is [Ca+2].[H-].[H-].[H-].[H-].[H-].[H-].[K+].[Mg+2].[Na+]. The fraction of sp³-hybridized carbons (Fsp3) is 0. The van der Waals surface area contributed by atoms with Gasteiger partial charge in [0.05, 0.1) is 0 Å². The first-order valence-electron chi connectivity index (χ1n) is 0. The number of hydrogen-bond acceptors (Lipinski definition) is 0. The maximum Gasteiger partial charge on any atom is 2.00 e. The minimum atomic E-state index is 0. The van der Waals surface area contributed by atoms with Crippen molar-refractivity contribution in [2.45, 2.75) is 0 Å². The quantitative estimate of drug-likeness (QED) is 0.288. The summed E-state index contributed by atoms with van der Waals surface area (Å²) in [6.07, 6.45) is 0. The van der Waals surface area contributed by atoms with Gasteiger partial charge in [-0.15, -0.1) is 0 Å². The Bertz CT molecular complexity index is 17.7. The zero-order valence-corrected chi connectivity index (χ0v) is 12.2. The minimum Gasteiger partial charge on any atom is -1.00 e. The van der Waals surface area contributed by atoms with Crippen molar-refractivity contribution < 1.29 is 89.5 Å². The average molecular weight is 133 g/mol. The summed E-state index contributed by atoms with van der Waals surface area (Å²) in [5.74, 6) is 0. The van der Waals surface area contributed by atoms with Crippen molar-refractivity contribution in [3.05, 3.63) is 0 Å². The van der Waals surface area contributed by atoms with E-state index in [9.17, 15) is 0 Å². The topological polar surface area (TPSA) is 0 Å². The van der Waals surface area contributed by atoms with Gasteiger partial charge in [0, 0.05) is 0 Å². The predicted octanol–water partition coefficient (Wildman–Crippen LogP) is -6.08. The van der Waals surface area contributed by atoms with Gasteiger partial charge in [-0.05, 0) is 0 Å². The van der Waals surface area contributed by atoms with E-state index in [0.29, 0.717) is 0 Å². The van der Waals surface area contributed by atoms with Crippen molar-refractivity contribution in [3.8, 4) is 0 Å². The molecule has 0 rings (SSSR count). The largest absolute Gasteiger partial charge is 2.00 e. The van der Waals surface area contributed by atoms with Crippen LogP contribution in [0.4, 0.5) is 0 Å². The normalized spacial score (nSPS) is 0. The molecule has 0 fully saturated rings. The molecule has 0 aromatic heterocycles. The molecule has 4 heteroatoms. The van der Waals surface area contributed by atoms with Crippen molar-refractivity contribution in [1.82, 2.24) is 0 Å². The summed E-state index contributed by atoms with van der Waals surface area (Å²) in [5, 5.41) is 0. The van der Waals surface area contributed by atoms with E-state index in [1.807, 2.05) is 0 Å². The van der Waals surface area contributed by atoms with Crippen LogP contribution in [0.3, 0.4) is 0 Å². The third-order valence-electron chi connectivity index (χ3n) is 0. The van der Waals surface area contributed by atoms with Crippen LogP contribution in [0, 0.1) is 0 Å². The molecule has 0 saturated carbocycles. The standard InChI is InChI=1S/Ca.K.Mg.Na.6H/q+2;+1;+2;+1;6*-1. The first kappa shape index (κ1) is 23.4. The van der Waals surface area contributed by atoms with E-state index in [1.54, 1.807) is 0 Å². The van der Waals surface area contributed by atoms with Gasteiger partial charge >= 0.3 is 142 Å². The molecule has 0 saturated heterocycles. The Morgan fingerprint density at radius 2 is 1.25 bits per heavy atom. The summed E-state index contributed by atoms with van der Waals surface area (Å²) in [6, 6.07) is 0. The smallest absolute Gasteiger partial charge is 1.00 e. The van der Waals surface area contributed by atoms with E-state index in [2.05, 4.69) is 0 Å². The van der Waals surface area contributed by atoms with E-state index in [4.69, 9.17) is 0 Å². The Hall–Kier alpha value is 4.66. The van der Waals surface area contributed by atoms with Crippen LogP contribution in [-0.2, 0) is 0 Å². The maximum atomic E-state index is 0. The Labute approximate surface area is 146 Å². The van der Waals surface area contributed by atoms with E-state index < -0.39 is 0 Å². The first-order chi connectivity index (χ1) is 0. The van der Waals surface area contributed by atoms with Gasteiger partial charge in [0.15, 0.2) is 0 Å². The van der Waals surface area contributed by atoms with Crippen LogP contribution in [-0.4, -0.2) is 60.8 Å². The van der Waals surface area contributed by atoms with Crippen molar-refractivity contribution in [2.75, 3.05) is 0 Å². The van der Waals surface area contributed by atoms with Crippen LogP contribution in [0.5, 0.6) is 0 Å². The third kappa shape index (κ3) is 9.83. The molecular formula is H6CaKMgNa. The molecule has 0 spiro atoms. The molecule has 0 aliphatic heterocycles. The Balaban J connectivity index is 0. The summed E-state index contributed by atoms with van der Waals surface area (Å²) in [6.45, 7) is 0. The van der Waals surface area contributed by atoms with Crippen LogP contribution < -0.4 is 80.9 Å². The maximum absolute atomic E-state index is 0. The average Bonchev–Trinajstić information content (AvgIpc) is 0. The van der Waals surface area contributed by atoms with Crippen molar-refractivity contribution in [3.63, 3.8) is 0 Å². The van der Waals surface area contributed by atoms with Crippen LogP contribution in [0.25, 0.3) is 0 Å². The molecule has 0 aromatic rings. The third-order valence-corrected chi connectivity index (χ3v) is 0. The van der Waals surface area contributed by atoms with Crippen molar-refractivity contribution in [1.29, 1.82) is 0 Å². The zero-order valence-electron chi connectivity index (χ0n) is 9.41. The minimum absolute atomic E-state index is 0. The molecule has 0 radical (unpaired) electrons. The summed E-state index contributed by atoms with van der Waals surface area (Å²) >= 11 is 0. The van der Waals surface area contributed by atoms with Gasteiger partial charge in [0.1, 0.15) is 0 Å². The van der Waals surface area contributed by atoms with E-state index in [0.717, 1.165) is 0 Å². The van der Waals surface area contributed by atoms with E-state index in [-0.39, 0.29) is 150 Å². The fourth-order valence-corrected chi connectivity index (χ4v) is 0. The Kier molecular flexibility index (Phi) is 91.5. The molecule has 0 bridgehead atoms. The van der Waals surface area contributed by atoms with Gasteiger partial charge in [-0.3, -0.25) is 0 Å². The van der Waals surface area contributed by atoms with E-state index in [1.165, 1.54) is 0 Å². The molecular weight excluding hydrogens is 126 g/mol. The second-order valence-corrected chi connectivity index (χ2v) is 0. The second-order valence-electron chi connectivity index (χ2n) is 0. The number of rotatable bonds is 0. The number of hydrogen-bond donors (Lipinski definition) is 0. The zero-order chi connectivity index (χ0) is 0. The monoisotopic (exact) mass is 132 g/mol. The van der Waals surface area contributed by atoms with Gasteiger partial charge in [-0.25, -0.2) is 0 Å². The molecule has 4 heavy (non-hydrogen) atoms.